The Morgan fingerprint density at radius 3 is 2.54 bits per heavy atom. The van der Waals surface area contributed by atoms with E-state index in [1.165, 1.54) is 20.7 Å². The van der Waals surface area contributed by atoms with Gasteiger partial charge in [0.1, 0.15) is 0 Å². The number of aromatic nitrogens is 2. The summed E-state index contributed by atoms with van der Waals surface area (Å²) < 4.78 is 1.28. The van der Waals surface area contributed by atoms with Crippen molar-refractivity contribution in [1.82, 2.24) is 9.97 Å². The van der Waals surface area contributed by atoms with Crippen molar-refractivity contribution in [1.29, 1.82) is 0 Å². The van der Waals surface area contributed by atoms with Crippen LogP contribution in [0.2, 0.25) is 0 Å². The normalized spacial score (nSPS) is 12.3. The molecule has 0 aliphatic carbocycles. The fourth-order valence-corrected chi connectivity index (χ4v) is 4.34. The Labute approximate surface area is 158 Å². The summed E-state index contributed by atoms with van der Waals surface area (Å²) in [5, 5.41) is 2.41. The van der Waals surface area contributed by atoms with Crippen LogP contribution in [-0.2, 0) is 11.8 Å². The first-order valence-electron chi connectivity index (χ1n) is 9.18. The molecule has 0 N–H and O–H groups in total. The minimum Gasteiger partial charge on any atom is -0.252 e. The summed E-state index contributed by atoms with van der Waals surface area (Å²) in [5.74, 6) is 0.481. The number of para-hydroxylation sites is 1. The largest absolute Gasteiger partial charge is 0.252 e. The van der Waals surface area contributed by atoms with Crippen molar-refractivity contribution in [3.8, 4) is 0 Å². The van der Waals surface area contributed by atoms with E-state index in [2.05, 4.69) is 82.3 Å². The summed E-state index contributed by atoms with van der Waals surface area (Å²) in [6.45, 7) is 8.95. The van der Waals surface area contributed by atoms with Crippen molar-refractivity contribution >= 4 is 32.5 Å². The monoisotopic (exact) mass is 360 g/mol. The molecular formula is C23H24N2S. The molecule has 26 heavy (non-hydrogen) atoms. The van der Waals surface area contributed by atoms with E-state index in [1.807, 2.05) is 0 Å². The zero-order valence-corrected chi connectivity index (χ0v) is 16.6. The van der Waals surface area contributed by atoms with Crippen molar-refractivity contribution in [3.63, 3.8) is 0 Å². The Bertz CT molecular complexity index is 1080. The maximum atomic E-state index is 4.92. The van der Waals surface area contributed by atoms with Crippen molar-refractivity contribution in [2.45, 2.75) is 45.4 Å². The average molecular weight is 361 g/mol. The van der Waals surface area contributed by atoms with Gasteiger partial charge in [-0.15, -0.1) is 11.3 Å². The second-order valence-corrected chi connectivity index (χ2v) is 9.02. The highest BCUT2D eigenvalue weighted by molar-refractivity contribution is 7.18. The molecule has 0 fully saturated rings. The van der Waals surface area contributed by atoms with Crippen LogP contribution in [0.1, 0.15) is 49.9 Å². The second-order valence-electron chi connectivity index (χ2n) is 7.96. The Hall–Kier alpha value is -2.26. The predicted molar refractivity (Wildman–Crippen MR) is 112 cm³/mol. The highest BCUT2D eigenvalue weighted by Crippen LogP contribution is 2.31. The molecular weight excluding hydrogens is 336 g/mol. The molecule has 3 heteroatoms. The molecule has 0 saturated carbocycles. The minimum atomic E-state index is -0.0331. The van der Waals surface area contributed by atoms with Gasteiger partial charge in [-0.2, -0.15) is 0 Å². The van der Waals surface area contributed by atoms with Gasteiger partial charge >= 0.3 is 0 Å². The standard InChI is InChI=1S/C23H24N2S/c1-15(2)22-25-19-13-16(9-11-20(19)26-22)14-23(3,4)21-12-10-17-7-5-6-8-18(17)24-21/h5-13,15H,14H2,1-4H3. The third-order valence-electron chi connectivity index (χ3n) is 4.90. The summed E-state index contributed by atoms with van der Waals surface area (Å²) >= 11 is 1.81. The molecule has 2 heterocycles. The smallest absolute Gasteiger partial charge is 0.0963 e. The summed E-state index contributed by atoms with van der Waals surface area (Å²) in [7, 11) is 0. The van der Waals surface area contributed by atoms with Crippen LogP contribution in [0, 0.1) is 0 Å². The van der Waals surface area contributed by atoms with Crippen LogP contribution in [0.3, 0.4) is 0 Å². The maximum absolute atomic E-state index is 4.92. The molecule has 2 nitrogen and oxygen atoms in total. The van der Waals surface area contributed by atoms with Gasteiger partial charge < -0.3 is 0 Å². The summed E-state index contributed by atoms with van der Waals surface area (Å²) in [6, 6.07) is 19.4. The number of fused-ring (bicyclic) bond motifs is 2. The number of hydrogen-bond acceptors (Lipinski definition) is 3. The van der Waals surface area contributed by atoms with E-state index in [4.69, 9.17) is 9.97 Å². The molecule has 0 unspecified atom stereocenters. The van der Waals surface area contributed by atoms with Crippen LogP contribution in [0.25, 0.3) is 21.1 Å². The molecule has 0 bridgehead atoms. The van der Waals surface area contributed by atoms with Gasteiger partial charge in [0.25, 0.3) is 0 Å². The molecule has 0 radical (unpaired) electrons. The lowest BCUT2D eigenvalue weighted by Gasteiger charge is -2.24. The second kappa shape index (κ2) is 6.48. The van der Waals surface area contributed by atoms with Crippen LogP contribution in [-0.4, -0.2) is 9.97 Å². The van der Waals surface area contributed by atoms with Gasteiger partial charge in [-0.05, 0) is 36.2 Å². The molecule has 0 amide bonds. The molecule has 132 valence electrons. The first-order valence-corrected chi connectivity index (χ1v) is 10.00. The molecule has 2 aromatic heterocycles. The molecule has 0 spiro atoms. The van der Waals surface area contributed by atoms with E-state index in [0.717, 1.165) is 23.1 Å². The van der Waals surface area contributed by atoms with Gasteiger partial charge in [0, 0.05) is 22.4 Å². The summed E-state index contributed by atoms with van der Waals surface area (Å²) in [6.07, 6.45) is 0.947. The van der Waals surface area contributed by atoms with Gasteiger partial charge in [0.05, 0.1) is 20.7 Å². The summed E-state index contributed by atoms with van der Waals surface area (Å²) in [5.41, 5.74) is 4.61. The lowest BCUT2D eigenvalue weighted by Crippen LogP contribution is -2.22. The number of thiazole rings is 1. The highest BCUT2D eigenvalue weighted by Gasteiger charge is 2.23. The Morgan fingerprint density at radius 2 is 1.73 bits per heavy atom. The van der Waals surface area contributed by atoms with Crippen LogP contribution in [0.4, 0.5) is 0 Å². The molecule has 0 atom stereocenters. The lowest BCUT2D eigenvalue weighted by molar-refractivity contribution is 0.507. The van der Waals surface area contributed by atoms with E-state index >= 15 is 0 Å². The van der Waals surface area contributed by atoms with Crippen LogP contribution in [0.15, 0.2) is 54.6 Å². The first-order chi connectivity index (χ1) is 12.4. The summed E-state index contributed by atoms with van der Waals surface area (Å²) in [4.78, 5) is 9.74. The molecule has 0 aliphatic rings. The number of rotatable bonds is 4. The first kappa shape index (κ1) is 17.2. The third-order valence-corrected chi connectivity index (χ3v) is 6.24. The average Bonchev–Trinajstić information content (AvgIpc) is 3.04. The minimum absolute atomic E-state index is 0.0331. The van der Waals surface area contributed by atoms with Crippen LogP contribution < -0.4 is 0 Å². The third kappa shape index (κ3) is 3.24. The fraction of sp³-hybridized carbons (Fsp3) is 0.304. The van der Waals surface area contributed by atoms with Crippen molar-refractivity contribution in [2.24, 2.45) is 0 Å². The number of nitrogens with zero attached hydrogens (tertiary/aromatic N) is 2. The van der Waals surface area contributed by atoms with Gasteiger partial charge in [0.2, 0.25) is 0 Å². The van der Waals surface area contributed by atoms with Gasteiger partial charge in [-0.25, -0.2) is 4.98 Å². The maximum Gasteiger partial charge on any atom is 0.0963 e. The lowest BCUT2D eigenvalue weighted by atomic mass is 9.82. The molecule has 4 rings (SSSR count). The molecule has 2 aromatic carbocycles. The number of hydrogen-bond donors (Lipinski definition) is 0. The number of pyridine rings is 1. The Kier molecular flexibility index (Phi) is 4.28. The number of benzene rings is 2. The highest BCUT2D eigenvalue weighted by atomic mass is 32.1. The predicted octanol–water partition coefficient (Wildman–Crippen LogP) is 6.49. The topological polar surface area (TPSA) is 25.8 Å². The van der Waals surface area contributed by atoms with E-state index in [1.54, 1.807) is 11.3 Å². The van der Waals surface area contributed by atoms with Crippen molar-refractivity contribution in [2.75, 3.05) is 0 Å². The SMILES string of the molecule is CC(C)c1nc2cc(CC(C)(C)c3ccc4ccccc4n3)ccc2s1. The fourth-order valence-electron chi connectivity index (χ4n) is 3.39. The van der Waals surface area contributed by atoms with Crippen molar-refractivity contribution < 1.29 is 0 Å². The zero-order chi connectivity index (χ0) is 18.3. The van der Waals surface area contributed by atoms with Gasteiger partial charge in [-0.3, -0.25) is 4.98 Å². The van der Waals surface area contributed by atoms with E-state index < -0.39 is 0 Å². The van der Waals surface area contributed by atoms with Gasteiger partial charge in [0.15, 0.2) is 0 Å². The van der Waals surface area contributed by atoms with Crippen molar-refractivity contribution in [3.05, 3.63) is 70.9 Å². The van der Waals surface area contributed by atoms with Crippen LogP contribution >= 0.6 is 11.3 Å². The Balaban J connectivity index is 1.66. The molecule has 0 aliphatic heterocycles. The van der Waals surface area contributed by atoms with E-state index in [9.17, 15) is 0 Å². The van der Waals surface area contributed by atoms with Crippen LogP contribution in [0.5, 0.6) is 0 Å². The van der Waals surface area contributed by atoms with Gasteiger partial charge in [-0.1, -0.05) is 58.0 Å². The Morgan fingerprint density at radius 1 is 0.923 bits per heavy atom. The quantitative estimate of drug-likeness (QED) is 0.416. The van der Waals surface area contributed by atoms with E-state index in [0.29, 0.717) is 5.92 Å². The molecule has 0 saturated heterocycles. The van der Waals surface area contributed by atoms with E-state index in [-0.39, 0.29) is 5.41 Å². The molecule has 4 aromatic rings. The zero-order valence-electron chi connectivity index (χ0n) is 15.8.